The van der Waals surface area contributed by atoms with Gasteiger partial charge in [0.2, 0.25) is 11.8 Å². The molecule has 1 aliphatic heterocycles. The number of benzene rings is 2. The third-order valence-electron chi connectivity index (χ3n) is 5.16. The minimum absolute atomic E-state index is 0.0581. The molecule has 27 heavy (non-hydrogen) atoms. The maximum Gasteiger partial charge on any atom is 0.243 e. The van der Waals surface area contributed by atoms with E-state index in [0.717, 1.165) is 24.2 Å². The molecule has 0 radical (unpaired) electrons. The second kappa shape index (κ2) is 9.33. The molecule has 0 aliphatic carbocycles. The highest BCUT2D eigenvalue weighted by Gasteiger charge is 2.31. The lowest BCUT2D eigenvalue weighted by Crippen LogP contribution is -2.54. The number of carbonyl (C=O) groups excluding carboxylic acids is 2. The Labute approximate surface area is 160 Å². The summed E-state index contributed by atoms with van der Waals surface area (Å²) in [6.45, 7) is 4.10. The van der Waals surface area contributed by atoms with Crippen LogP contribution < -0.4 is 16.0 Å². The lowest BCUT2D eigenvalue weighted by Gasteiger charge is -2.32. The number of amides is 2. The summed E-state index contributed by atoms with van der Waals surface area (Å²) in [6.07, 6.45) is 0.475. The van der Waals surface area contributed by atoms with Gasteiger partial charge in [0.1, 0.15) is 6.04 Å². The Kier molecular flexibility index (Phi) is 6.60. The number of nitrogens with one attached hydrogen (secondary N) is 3. The molecule has 2 aromatic rings. The summed E-state index contributed by atoms with van der Waals surface area (Å²) in [7, 11) is 0. The van der Waals surface area contributed by atoms with Crippen LogP contribution in [0, 0.1) is 11.8 Å². The highest BCUT2D eigenvalue weighted by atomic mass is 16.2. The molecule has 0 aromatic heterocycles. The molecule has 142 valence electrons. The van der Waals surface area contributed by atoms with E-state index in [1.807, 2.05) is 67.6 Å². The normalized spacial score (nSPS) is 16.0. The fourth-order valence-electron chi connectivity index (χ4n) is 3.15. The van der Waals surface area contributed by atoms with Crippen molar-refractivity contribution in [1.29, 1.82) is 0 Å². The zero-order valence-corrected chi connectivity index (χ0v) is 15.7. The van der Waals surface area contributed by atoms with Crippen molar-refractivity contribution in [2.24, 2.45) is 11.8 Å². The Bertz CT molecular complexity index is 745. The molecular weight excluding hydrogens is 338 g/mol. The van der Waals surface area contributed by atoms with Crippen LogP contribution in [-0.2, 0) is 22.6 Å². The SMILES string of the molecule is CC(C(=O)NC(Cc1ccccc1)C(=O)NCc1ccccc1)C1CNC1. The molecule has 2 amide bonds. The standard InChI is InChI=1S/C22H27N3O2/c1-16(19-14-23-15-19)21(26)25-20(12-17-8-4-2-5-9-17)22(27)24-13-18-10-6-3-7-11-18/h2-11,16,19-20,23H,12-15H2,1H3,(H,24,27)(H,25,26). The van der Waals surface area contributed by atoms with Gasteiger partial charge in [-0.25, -0.2) is 0 Å². The van der Waals surface area contributed by atoms with E-state index in [9.17, 15) is 9.59 Å². The van der Waals surface area contributed by atoms with Crippen LogP contribution in [0.25, 0.3) is 0 Å². The van der Waals surface area contributed by atoms with E-state index in [4.69, 9.17) is 0 Å². The maximum absolute atomic E-state index is 12.8. The largest absolute Gasteiger partial charge is 0.350 e. The van der Waals surface area contributed by atoms with Crippen LogP contribution in [0.15, 0.2) is 60.7 Å². The first-order chi connectivity index (χ1) is 13.1. The Morgan fingerprint density at radius 2 is 1.56 bits per heavy atom. The summed E-state index contributed by atoms with van der Waals surface area (Å²) < 4.78 is 0. The summed E-state index contributed by atoms with van der Waals surface area (Å²) in [5.41, 5.74) is 2.06. The van der Waals surface area contributed by atoms with Gasteiger partial charge >= 0.3 is 0 Å². The highest BCUT2D eigenvalue weighted by molar-refractivity contribution is 5.88. The summed E-state index contributed by atoms with van der Waals surface area (Å²) in [6, 6.07) is 19.0. The molecule has 1 fully saturated rings. The van der Waals surface area contributed by atoms with Gasteiger partial charge in [0.15, 0.2) is 0 Å². The molecule has 5 heteroatoms. The average molecular weight is 365 g/mol. The van der Waals surface area contributed by atoms with Gasteiger partial charge < -0.3 is 16.0 Å². The molecule has 0 spiro atoms. The second-order valence-electron chi connectivity index (χ2n) is 7.16. The van der Waals surface area contributed by atoms with Crippen molar-refractivity contribution in [2.75, 3.05) is 13.1 Å². The van der Waals surface area contributed by atoms with Crippen molar-refractivity contribution >= 4 is 11.8 Å². The van der Waals surface area contributed by atoms with Crippen molar-refractivity contribution in [2.45, 2.75) is 25.9 Å². The third kappa shape index (κ3) is 5.41. The van der Waals surface area contributed by atoms with Gasteiger partial charge in [0.25, 0.3) is 0 Å². The molecule has 0 saturated carbocycles. The fraction of sp³-hybridized carbons (Fsp3) is 0.364. The molecule has 1 saturated heterocycles. The zero-order chi connectivity index (χ0) is 19.1. The van der Waals surface area contributed by atoms with Crippen LogP contribution in [0.5, 0.6) is 0 Å². The Morgan fingerprint density at radius 1 is 0.963 bits per heavy atom. The summed E-state index contributed by atoms with van der Waals surface area (Å²) in [4.78, 5) is 25.4. The molecule has 3 N–H and O–H groups in total. The molecule has 5 nitrogen and oxygen atoms in total. The summed E-state index contributed by atoms with van der Waals surface area (Å²) in [5, 5.41) is 9.12. The third-order valence-corrected chi connectivity index (χ3v) is 5.16. The molecule has 2 aromatic carbocycles. The predicted octanol–water partition coefficient (Wildman–Crippen LogP) is 1.89. The van der Waals surface area contributed by atoms with E-state index >= 15 is 0 Å². The van der Waals surface area contributed by atoms with Crippen molar-refractivity contribution in [1.82, 2.24) is 16.0 Å². The Morgan fingerprint density at radius 3 is 2.11 bits per heavy atom. The van der Waals surface area contributed by atoms with E-state index in [1.54, 1.807) is 0 Å². The van der Waals surface area contributed by atoms with Crippen LogP contribution in [0.1, 0.15) is 18.1 Å². The molecule has 2 atom stereocenters. The van der Waals surface area contributed by atoms with E-state index < -0.39 is 6.04 Å². The van der Waals surface area contributed by atoms with Crippen LogP contribution in [0.2, 0.25) is 0 Å². The number of hydrogen-bond donors (Lipinski definition) is 3. The zero-order valence-electron chi connectivity index (χ0n) is 15.7. The van der Waals surface area contributed by atoms with Crippen molar-refractivity contribution in [3.8, 4) is 0 Å². The maximum atomic E-state index is 12.8. The summed E-state index contributed by atoms with van der Waals surface area (Å²) >= 11 is 0. The van der Waals surface area contributed by atoms with Gasteiger partial charge in [-0.3, -0.25) is 9.59 Å². The molecular formula is C22H27N3O2. The first-order valence-corrected chi connectivity index (χ1v) is 9.50. The van der Waals surface area contributed by atoms with Gasteiger partial charge in [-0.1, -0.05) is 67.6 Å². The van der Waals surface area contributed by atoms with Gasteiger partial charge in [-0.05, 0) is 30.1 Å². The minimum Gasteiger partial charge on any atom is -0.350 e. The van der Waals surface area contributed by atoms with Gasteiger partial charge in [0.05, 0.1) is 0 Å². The lowest BCUT2D eigenvalue weighted by molar-refractivity contribution is -0.132. The van der Waals surface area contributed by atoms with Crippen LogP contribution >= 0.6 is 0 Å². The first-order valence-electron chi connectivity index (χ1n) is 9.50. The first kappa shape index (κ1) is 19.1. The molecule has 0 bridgehead atoms. The quantitative estimate of drug-likeness (QED) is 0.669. The molecule has 2 unspecified atom stereocenters. The van der Waals surface area contributed by atoms with Gasteiger partial charge in [-0.2, -0.15) is 0 Å². The highest BCUT2D eigenvalue weighted by Crippen LogP contribution is 2.16. The van der Waals surface area contributed by atoms with E-state index in [2.05, 4.69) is 16.0 Å². The lowest BCUT2D eigenvalue weighted by atomic mass is 9.88. The van der Waals surface area contributed by atoms with Gasteiger partial charge in [0, 0.05) is 18.9 Å². The molecule has 1 heterocycles. The van der Waals surface area contributed by atoms with Crippen molar-refractivity contribution < 1.29 is 9.59 Å². The second-order valence-corrected chi connectivity index (χ2v) is 7.16. The Hall–Kier alpha value is -2.66. The van der Waals surface area contributed by atoms with E-state index in [1.165, 1.54) is 0 Å². The predicted molar refractivity (Wildman–Crippen MR) is 106 cm³/mol. The van der Waals surface area contributed by atoms with Crippen molar-refractivity contribution in [3.63, 3.8) is 0 Å². The van der Waals surface area contributed by atoms with Crippen LogP contribution in [-0.4, -0.2) is 30.9 Å². The minimum atomic E-state index is -0.584. The topological polar surface area (TPSA) is 70.2 Å². The molecule has 1 aliphatic rings. The van der Waals surface area contributed by atoms with Crippen LogP contribution in [0.4, 0.5) is 0 Å². The number of rotatable bonds is 8. The summed E-state index contributed by atoms with van der Waals surface area (Å²) in [5.74, 6) is 0.0217. The van der Waals surface area contributed by atoms with E-state index in [0.29, 0.717) is 18.9 Å². The van der Waals surface area contributed by atoms with Crippen LogP contribution in [0.3, 0.4) is 0 Å². The number of carbonyl (C=O) groups is 2. The number of hydrogen-bond acceptors (Lipinski definition) is 3. The average Bonchev–Trinajstić information content (AvgIpc) is 2.65. The fourth-order valence-corrected chi connectivity index (χ4v) is 3.15. The van der Waals surface area contributed by atoms with E-state index in [-0.39, 0.29) is 17.7 Å². The molecule has 3 rings (SSSR count). The van der Waals surface area contributed by atoms with Gasteiger partial charge in [-0.15, -0.1) is 0 Å². The monoisotopic (exact) mass is 365 g/mol. The Balaban J connectivity index is 1.64. The van der Waals surface area contributed by atoms with Crippen molar-refractivity contribution in [3.05, 3.63) is 71.8 Å². The smallest absolute Gasteiger partial charge is 0.243 e.